The quantitative estimate of drug-likeness (QED) is 0.499. The minimum Gasteiger partial charge on any atom is -0.378 e. The summed E-state index contributed by atoms with van der Waals surface area (Å²) in [5.41, 5.74) is 1.38. The highest BCUT2D eigenvalue weighted by atomic mass is 32.2. The van der Waals surface area contributed by atoms with Crippen LogP contribution in [0.25, 0.3) is 17.1 Å². The Bertz CT molecular complexity index is 1180. The van der Waals surface area contributed by atoms with Gasteiger partial charge in [-0.1, -0.05) is 42.1 Å². The third kappa shape index (κ3) is 2.61. The van der Waals surface area contributed by atoms with Crippen LogP contribution in [0.2, 0.25) is 0 Å². The predicted octanol–water partition coefficient (Wildman–Crippen LogP) is 3.07. The van der Waals surface area contributed by atoms with Crippen molar-refractivity contribution in [3.63, 3.8) is 0 Å². The largest absolute Gasteiger partial charge is 0.378 e. The minimum atomic E-state index is -0.334. The number of rotatable bonds is 1. The molecule has 0 amide bonds. The smallest absolute Gasteiger partial charge is 0.278 e. The molecule has 0 radical (unpaired) electrons. The van der Waals surface area contributed by atoms with Gasteiger partial charge < -0.3 is 9.64 Å². The summed E-state index contributed by atoms with van der Waals surface area (Å²) in [4.78, 5) is 22.3. The lowest BCUT2D eigenvalue weighted by Gasteiger charge is -2.29. The van der Waals surface area contributed by atoms with Gasteiger partial charge in [-0.15, -0.1) is 0 Å². The molecule has 1 fully saturated rings. The number of benzene rings is 2. The van der Waals surface area contributed by atoms with Crippen LogP contribution in [0.1, 0.15) is 5.56 Å². The van der Waals surface area contributed by atoms with Gasteiger partial charge in [0.25, 0.3) is 5.56 Å². The Labute approximate surface area is 166 Å². The summed E-state index contributed by atoms with van der Waals surface area (Å²) in [7, 11) is 0. The maximum Gasteiger partial charge on any atom is 0.278 e. The van der Waals surface area contributed by atoms with Crippen molar-refractivity contribution in [2.75, 3.05) is 31.2 Å². The Balaban J connectivity index is 1.87. The van der Waals surface area contributed by atoms with Crippen LogP contribution < -0.4 is 10.5 Å². The second kappa shape index (κ2) is 6.82. The third-order valence-electron chi connectivity index (χ3n) is 4.94. The van der Waals surface area contributed by atoms with E-state index in [-0.39, 0.29) is 11.1 Å². The molecule has 0 saturated carbocycles. The van der Waals surface area contributed by atoms with E-state index in [4.69, 9.17) is 9.72 Å². The maximum atomic E-state index is 13.5. The number of nitriles is 1. The molecule has 1 saturated heterocycles. The molecular weight excluding hydrogens is 372 g/mol. The first-order chi connectivity index (χ1) is 13.8. The molecule has 3 aromatic rings. The number of morpholine rings is 1. The van der Waals surface area contributed by atoms with Crippen molar-refractivity contribution in [3.05, 3.63) is 64.4 Å². The van der Waals surface area contributed by atoms with Gasteiger partial charge in [0.15, 0.2) is 17.2 Å². The molecule has 0 aliphatic carbocycles. The van der Waals surface area contributed by atoms with Gasteiger partial charge in [0, 0.05) is 28.4 Å². The number of nitrogens with zero attached hydrogens (tertiary/aromatic N) is 4. The van der Waals surface area contributed by atoms with Crippen molar-refractivity contribution in [2.24, 2.45) is 0 Å². The van der Waals surface area contributed by atoms with E-state index in [1.165, 1.54) is 0 Å². The fourth-order valence-electron chi connectivity index (χ4n) is 3.60. The average Bonchev–Trinajstić information content (AvgIpc) is 2.89. The summed E-state index contributed by atoms with van der Waals surface area (Å²) in [6, 6.07) is 17.8. The summed E-state index contributed by atoms with van der Waals surface area (Å²) in [5, 5.41) is 9.78. The van der Waals surface area contributed by atoms with Crippen LogP contribution in [-0.4, -0.2) is 35.9 Å². The molecule has 28 heavy (non-hydrogen) atoms. The molecule has 2 aliphatic heterocycles. The van der Waals surface area contributed by atoms with Crippen LogP contribution in [-0.2, 0) is 4.74 Å². The normalized spacial score (nSPS) is 15.0. The highest BCUT2D eigenvalue weighted by Crippen LogP contribution is 2.42. The average molecular weight is 388 g/mol. The van der Waals surface area contributed by atoms with E-state index in [1.807, 2.05) is 53.4 Å². The van der Waals surface area contributed by atoms with Crippen molar-refractivity contribution in [1.29, 1.82) is 5.26 Å². The van der Waals surface area contributed by atoms with E-state index in [9.17, 15) is 10.1 Å². The molecule has 7 heteroatoms. The number of para-hydroxylation sites is 1. The number of aromatic nitrogens is 2. The summed E-state index contributed by atoms with van der Waals surface area (Å²) in [6.45, 7) is 2.33. The van der Waals surface area contributed by atoms with Crippen LogP contribution >= 0.6 is 11.8 Å². The molecule has 0 bridgehead atoms. The fraction of sp³-hybridized carbons (Fsp3) is 0.190. The Hall–Kier alpha value is -3.08. The summed E-state index contributed by atoms with van der Waals surface area (Å²) in [6.07, 6.45) is 0. The number of anilines is 1. The topological polar surface area (TPSA) is 71.2 Å². The molecule has 5 rings (SSSR count). The van der Waals surface area contributed by atoms with E-state index in [1.54, 1.807) is 16.3 Å². The first kappa shape index (κ1) is 17.0. The van der Waals surface area contributed by atoms with Crippen molar-refractivity contribution in [2.45, 2.75) is 9.79 Å². The lowest BCUT2D eigenvalue weighted by Crippen LogP contribution is -2.39. The summed E-state index contributed by atoms with van der Waals surface area (Å²) < 4.78 is 7.00. The Morgan fingerprint density at radius 3 is 2.54 bits per heavy atom. The maximum absolute atomic E-state index is 13.5. The van der Waals surface area contributed by atoms with Gasteiger partial charge in [-0.2, -0.15) is 5.26 Å². The second-order valence-corrected chi connectivity index (χ2v) is 7.64. The van der Waals surface area contributed by atoms with Crippen LogP contribution in [0, 0.1) is 11.3 Å². The van der Waals surface area contributed by atoms with Gasteiger partial charge in [0.2, 0.25) is 0 Å². The molecule has 0 unspecified atom stereocenters. The van der Waals surface area contributed by atoms with Crippen molar-refractivity contribution < 1.29 is 4.74 Å². The SMILES string of the molecule is N#Cc1c(N2CCOCC2)nc2n(c1=O)-c1ccccc1Sc1ccccc1-2. The Morgan fingerprint density at radius 1 is 1.04 bits per heavy atom. The van der Waals surface area contributed by atoms with Crippen LogP contribution in [0.5, 0.6) is 0 Å². The Kier molecular flexibility index (Phi) is 4.15. The standard InChI is InChI=1S/C21H16N4O2S/c22-13-15-19(24-9-11-27-12-10-24)23-20-14-5-1-3-7-17(14)28-18-8-4-2-6-16(18)25(20)21(15)26/h1-8H,9-12H2. The third-order valence-corrected chi connectivity index (χ3v) is 6.08. The molecule has 6 nitrogen and oxygen atoms in total. The van der Waals surface area contributed by atoms with Gasteiger partial charge >= 0.3 is 0 Å². The Morgan fingerprint density at radius 2 is 1.75 bits per heavy atom. The molecular formula is C21H16N4O2S. The molecule has 0 N–H and O–H groups in total. The van der Waals surface area contributed by atoms with Crippen molar-refractivity contribution >= 4 is 17.6 Å². The lowest BCUT2D eigenvalue weighted by molar-refractivity contribution is 0.122. The summed E-state index contributed by atoms with van der Waals surface area (Å²) in [5.74, 6) is 1.01. The van der Waals surface area contributed by atoms with Crippen molar-refractivity contribution in [3.8, 4) is 23.1 Å². The van der Waals surface area contributed by atoms with E-state index in [0.717, 1.165) is 21.0 Å². The zero-order valence-corrected chi connectivity index (χ0v) is 15.8. The van der Waals surface area contributed by atoms with E-state index in [2.05, 4.69) is 6.07 Å². The number of hydrogen-bond acceptors (Lipinski definition) is 6. The lowest BCUT2D eigenvalue weighted by atomic mass is 10.1. The van der Waals surface area contributed by atoms with Gasteiger partial charge in [-0.3, -0.25) is 9.36 Å². The molecule has 0 spiro atoms. The van der Waals surface area contributed by atoms with Crippen LogP contribution in [0.15, 0.2) is 63.1 Å². The number of ether oxygens (including phenoxy) is 1. The first-order valence-electron chi connectivity index (χ1n) is 9.04. The minimum absolute atomic E-state index is 0.0739. The molecule has 0 atom stereocenters. The first-order valence-corrected chi connectivity index (χ1v) is 9.86. The summed E-state index contributed by atoms with van der Waals surface area (Å²) >= 11 is 1.61. The second-order valence-electron chi connectivity index (χ2n) is 6.55. The van der Waals surface area contributed by atoms with Gasteiger partial charge in [0.05, 0.1) is 18.9 Å². The number of fused-ring (bicyclic) bond motifs is 5. The van der Waals surface area contributed by atoms with Crippen LogP contribution in [0.4, 0.5) is 5.82 Å². The molecule has 2 aliphatic rings. The monoisotopic (exact) mass is 388 g/mol. The number of hydrogen-bond donors (Lipinski definition) is 0. The van der Waals surface area contributed by atoms with Crippen molar-refractivity contribution in [1.82, 2.24) is 9.55 Å². The molecule has 1 aromatic heterocycles. The van der Waals surface area contributed by atoms with E-state index < -0.39 is 0 Å². The molecule has 2 aromatic carbocycles. The molecule has 3 heterocycles. The highest BCUT2D eigenvalue weighted by Gasteiger charge is 2.27. The van der Waals surface area contributed by atoms with Crippen LogP contribution in [0.3, 0.4) is 0 Å². The van der Waals surface area contributed by atoms with E-state index in [0.29, 0.717) is 37.9 Å². The fourth-order valence-corrected chi connectivity index (χ4v) is 4.67. The van der Waals surface area contributed by atoms with Gasteiger partial charge in [0.1, 0.15) is 6.07 Å². The highest BCUT2D eigenvalue weighted by molar-refractivity contribution is 7.99. The zero-order chi connectivity index (χ0) is 19.1. The van der Waals surface area contributed by atoms with Gasteiger partial charge in [-0.25, -0.2) is 4.98 Å². The molecule has 138 valence electrons. The zero-order valence-electron chi connectivity index (χ0n) is 15.0. The van der Waals surface area contributed by atoms with E-state index >= 15 is 0 Å². The predicted molar refractivity (Wildman–Crippen MR) is 107 cm³/mol. The van der Waals surface area contributed by atoms with Gasteiger partial charge in [-0.05, 0) is 18.2 Å².